The third-order valence-electron chi connectivity index (χ3n) is 14.7. The Hall–Kier alpha value is -7.82. The minimum Gasteiger partial charge on any atom is -0.456 e. The average Bonchev–Trinajstić information content (AvgIpc) is 3.89. The molecule has 0 fully saturated rings. The molecule has 0 saturated heterocycles. The van der Waals surface area contributed by atoms with Crippen molar-refractivity contribution in [2.75, 3.05) is 9.80 Å². The summed E-state index contributed by atoms with van der Waals surface area (Å²) in [4.78, 5) is 4.88. The highest BCUT2D eigenvalue weighted by atomic mass is 16.3. The van der Waals surface area contributed by atoms with Crippen molar-refractivity contribution in [3.8, 4) is 0 Å². The molecular formula is C60H42N2O2. The van der Waals surface area contributed by atoms with Crippen molar-refractivity contribution >= 4 is 110 Å². The van der Waals surface area contributed by atoms with Crippen LogP contribution in [0.5, 0.6) is 0 Å². The maximum atomic E-state index is 6.69. The smallest absolute Gasteiger partial charge is 0.137 e. The number of benzene rings is 10. The molecule has 2 aliphatic heterocycles. The Bertz CT molecular complexity index is 3740. The topological polar surface area (TPSA) is 32.8 Å². The van der Waals surface area contributed by atoms with Crippen LogP contribution in [0.1, 0.15) is 49.9 Å². The molecule has 304 valence electrons. The number of para-hydroxylation sites is 2. The van der Waals surface area contributed by atoms with Crippen molar-refractivity contribution in [3.63, 3.8) is 0 Å². The van der Waals surface area contributed by atoms with Crippen LogP contribution in [-0.4, -0.2) is 0 Å². The lowest BCUT2D eigenvalue weighted by atomic mass is 9.73. The third-order valence-corrected chi connectivity index (χ3v) is 14.7. The Morgan fingerprint density at radius 3 is 1.19 bits per heavy atom. The summed E-state index contributed by atoms with van der Waals surface area (Å²) in [6.07, 6.45) is 0. The van der Waals surface area contributed by atoms with E-state index in [1.165, 1.54) is 76.7 Å². The van der Waals surface area contributed by atoms with E-state index in [9.17, 15) is 0 Å². The zero-order valence-electron chi connectivity index (χ0n) is 36.0. The minimum absolute atomic E-state index is 0.242. The first-order valence-corrected chi connectivity index (χ1v) is 22.3. The van der Waals surface area contributed by atoms with Gasteiger partial charge in [0.15, 0.2) is 0 Å². The van der Waals surface area contributed by atoms with E-state index >= 15 is 0 Å². The Labute approximate surface area is 370 Å². The maximum Gasteiger partial charge on any atom is 0.137 e. The van der Waals surface area contributed by atoms with Gasteiger partial charge in [0.05, 0.1) is 22.7 Å². The highest BCUT2D eigenvalue weighted by Gasteiger charge is 2.39. The summed E-state index contributed by atoms with van der Waals surface area (Å²) >= 11 is 0. The molecule has 0 N–H and O–H groups in total. The number of hydrogen-bond donors (Lipinski definition) is 0. The Morgan fingerprint density at radius 1 is 0.312 bits per heavy atom. The molecule has 2 aliphatic rings. The summed E-state index contributed by atoms with van der Waals surface area (Å²) in [5.41, 5.74) is 15.2. The quantitative estimate of drug-likeness (QED) is 0.174. The first-order chi connectivity index (χ1) is 31.2. The fourth-order valence-electron chi connectivity index (χ4n) is 11.5. The van der Waals surface area contributed by atoms with Crippen molar-refractivity contribution in [3.05, 3.63) is 204 Å². The van der Waals surface area contributed by atoms with Crippen LogP contribution in [0.2, 0.25) is 0 Å². The highest BCUT2D eigenvalue weighted by Crippen LogP contribution is 2.56. The van der Waals surface area contributed by atoms with Gasteiger partial charge in [-0.25, -0.2) is 0 Å². The fourth-order valence-corrected chi connectivity index (χ4v) is 11.5. The Kier molecular flexibility index (Phi) is 6.94. The van der Waals surface area contributed by atoms with Gasteiger partial charge in [-0.1, -0.05) is 137 Å². The van der Waals surface area contributed by atoms with Crippen LogP contribution in [0, 0.1) is 0 Å². The maximum absolute atomic E-state index is 6.69. The molecule has 4 heterocycles. The molecule has 0 radical (unpaired) electrons. The molecule has 0 atom stereocenters. The van der Waals surface area contributed by atoms with Crippen LogP contribution in [-0.2, 0) is 10.8 Å². The second-order valence-electron chi connectivity index (χ2n) is 18.9. The summed E-state index contributed by atoms with van der Waals surface area (Å²) in [6, 6.07) is 66.8. The van der Waals surface area contributed by atoms with Crippen molar-refractivity contribution < 1.29 is 8.83 Å². The second-order valence-corrected chi connectivity index (χ2v) is 18.9. The van der Waals surface area contributed by atoms with Gasteiger partial charge in [-0.2, -0.15) is 0 Å². The van der Waals surface area contributed by atoms with Crippen LogP contribution < -0.4 is 9.80 Å². The standard InChI is InChI=1S/C60H42N2O2/c1-59(2)45-17-9-11-19-49(45)61(51-33-55-43(31-47(51)59)57-41-15-7-5-13-35(41)23-27-53(57)63-55)39-25-21-38-30-40(26-22-37(38)29-39)62-50-20-12-10-18-46(50)60(3,4)48-32-44-56(34-52(48)62)64-54-28-24-36-14-6-8-16-42(36)58(44)54/h5-34H,1-4H3. The number of nitrogens with zero attached hydrogens (tertiary/aromatic N) is 2. The van der Waals surface area contributed by atoms with E-state index in [0.29, 0.717) is 0 Å². The molecule has 0 spiro atoms. The molecule has 0 saturated carbocycles. The van der Waals surface area contributed by atoms with Gasteiger partial charge in [-0.05, 0) is 115 Å². The molecule has 10 aromatic carbocycles. The van der Waals surface area contributed by atoms with E-state index in [2.05, 4.69) is 219 Å². The van der Waals surface area contributed by atoms with E-state index in [1.807, 2.05) is 0 Å². The zero-order valence-corrected chi connectivity index (χ0v) is 36.0. The Morgan fingerprint density at radius 2 is 0.719 bits per heavy atom. The largest absolute Gasteiger partial charge is 0.456 e. The normalized spacial score (nSPS) is 15.1. The number of anilines is 6. The monoisotopic (exact) mass is 822 g/mol. The molecule has 4 heteroatoms. The van der Waals surface area contributed by atoms with Gasteiger partial charge in [0, 0.05) is 55.9 Å². The first kappa shape index (κ1) is 35.7. The number of hydrogen-bond acceptors (Lipinski definition) is 4. The molecule has 14 rings (SSSR count). The predicted molar refractivity (Wildman–Crippen MR) is 267 cm³/mol. The van der Waals surface area contributed by atoms with Gasteiger partial charge in [-0.15, -0.1) is 0 Å². The third kappa shape index (κ3) is 4.72. The van der Waals surface area contributed by atoms with Gasteiger partial charge in [0.25, 0.3) is 0 Å². The van der Waals surface area contributed by atoms with Crippen LogP contribution in [0.4, 0.5) is 34.1 Å². The number of furan rings is 2. The summed E-state index contributed by atoms with van der Waals surface area (Å²) in [5, 5.41) is 11.9. The van der Waals surface area contributed by atoms with E-state index in [0.717, 1.165) is 55.9 Å². The first-order valence-electron chi connectivity index (χ1n) is 22.3. The van der Waals surface area contributed by atoms with E-state index < -0.39 is 0 Å². The number of rotatable bonds is 2. The molecule has 4 nitrogen and oxygen atoms in total. The lowest BCUT2D eigenvalue weighted by Gasteiger charge is -2.42. The predicted octanol–water partition coefficient (Wildman–Crippen LogP) is 17.2. The molecule has 0 aliphatic carbocycles. The average molecular weight is 823 g/mol. The van der Waals surface area contributed by atoms with Crippen LogP contribution in [0.3, 0.4) is 0 Å². The minimum atomic E-state index is -0.242. The lowest BCUT2D eigenvalue weighted by molar-refractivity contribution is 0.630. The SMILES string of the molecule is CC1(C)c2ccccc2N(c2ccc3cc(N4c5ccccc5C(C)(C)c5cc6c(cc54)oc4ccc5ccccc5c46)ccc3c2)c2cc3oc4ccc5ccccc5c4c3cc21. The van der Waals surface area contributed by atoms with E-state index in [1.54, 1.807) is 0 Å². The summed E-state index contributed by atoms with van der Waals surface area (Å²) in [7, 11) is 0. The Balaban J connectivity index is 0.934. The van der Waals surface area contributed by atoms with Gasteiger partial charge < -0.3 is 18.6 Å². The summed E-state index contributed by atoms with van der Waals surface area (Å²) in [6.45, 7) is 9.43. The van der Waals surface area contributed by atoms with E-state index in [-0.39, 0.29) is 10.8 Å². The summed E-state index contributed by atoms with van der Waals surface area (Å²) in [5.74, 6) is 0. The van der Waals surface area contributed by atoms with Crippen molar-refractivity contribution in [1.29, 1.82) is 0 Å². The van der Waals surface area contributed by atoms with Gasteiger partial charge in [0.2, 0.25) is 0 Å². The molecular weight excluding hydrogens is 781 g/mol. The van der Waals surface area contributed by atoms with E-state index in [4.69, 9.17) is 8.83 Å². The van der Waals surface area contributed by atoms with Crippen molar-refractivity contribution in [2.45, 2.75) is 38.5 Å². The molecule has 12 aromatic rings. The molecule has 0 bridgehead atoms. The number of fused-ring (bicyclic) bond motifs is 15. The lowest BCUT2D eigenvalue weighted by Crippen LogP contribution is -2.30. The van der Waals surface area contributed by atoms with Crippen molar-refractivity contribution in [1.82, 2.24) is 0 Å². The van der Waals surface area contributed by atoms with Crippen LogP contribution in [0.25, 0.3) is 76.2 Å². The molecule has 0 amide bonds. The van der Waals surface area contributed by atoms with Crippen molar-refractivity contribution in [2.24, 2.45) is 0 Å². The highest BCUT2D eigenvalue weighted by molar-refractivity contribution is 6.21. The second kappa shape index (κ2) is 12.4. The van der Waals surface area contributed by atoms with Crippen LogP contribution >= 0.6 is 0 Å². The fraction of sp³-hybridized carbons (Fsp3) is 0.100. The van der Waals surface area contributed by atoms with Gasteiger partial charge >= 0.3 is 0 Å². The van der Waals surface area contributed by atoms with Gasteiger partial charge in [0.1, 0.15) is 22.3 Å². The molecule has 0 unspecified atom stereocenters. The van der Waals surface area contributed by atoms with Gasteiger partial charge in [-0.3, -0.25) is 0 Å². The zero-order chi connectivity index (χ0) is 42.6. The molecule has 2 aromatic heterocycles. The molecule has 64 heavy (non-hydrogen) atoms. The summed E-state index contributed by atoms with van der Waals surface area (Å²) < 4.78 is 13.4. The van der Waals surface area contributed by atoms with Crippen LogP contribution in [0.15, 0.2) is 191 Å².